The van der Waals surface area contributed by atoms with Gasteiger partial charge >= 0.3 is 0 Å². The number of sulfonamides is 1. The molecule has 3 aliphatic heterocycles. The van der Waals surface area contributed by atoms with E-state index in [0.717, 1.165) is 45.3 Å². The van der Waals surface area contributed by atoms with Gasteiger partial charge in [0.15, 0.2) is 0 Å². The number of amides is 2. The number of nitrogens with zero attached hydrogens (tertiary/aromatic N) is 2. The Morgan fingerprint density at radius 2 is 1.93 bits per heavy atom. The first kappa shape index (κ1) is 21.5. The van der Waals surface area contributed by atoms with Crippen molar-refractivity contribution in [2.45, 2.75) is 50.7 Å². The molecule has 0 bridgehead atoms. The minimum absolute atomic E-state index is 0.0415. The van der Waals surface area contributed by atoms with Crippen molar-refractivity contribution in [2.24, 2.45) is 5.92 Å². The average Bonchev–Trinajstić information content (AvgIpc) is 2.94. The lowest BCUT2D eigenvalue weighted by molar-refractivity contribution is -0.135. The second-order valence-corrected chi connectivity index (χ2v) is 10.1. The molecule has 0 aromatic rings. The van der Waals surface area contributed by atoms with Crippen LogP contribution in [0.4, 0.5) is 0 Å². The Morgan fingerprint density at radius 1 is 1.21 bits per heavy atom. The molecule has 3 rings (SSSR count). The lowest BCUT2D eigenvalue weighted by Gasteiger charge is -2.28. The van der Waals surface area contributed by atoms with E-state index in [1.54, 1.807) is 4.90 Å². The molecule has 3 fully saturated rings. The number of carbonyl (C=O) groups is 2. The molecule has 3 heterocycles. The van der Waals surface area contributed by atoms with Crippen molar-refractivity contribution in [1.29, 1.82) is 0 Å². The average molecular weight is 417 g/mol. The number of ether oxygens (including phenoxy) is 1. The van der Waals surface area contributed by atoms with Gasteiger partial charge in [-0.25, -0.2) is 13.1 Å². The van der Waals surface area contributed by atoms with E-state index in [9.17, 15) is 18.0 Å². The Kier molecular flexibility index (Phi) is 6.95. The molecule has 10 heteroatoms. The summed E-state index contributed by atoms with van der Waals surface area (Å²) in [5.41, 5.74) is 0. The minimum atomic E-state index is -3.33. The third-order valence-electron chi connectivity index (χ3n) is 5.86. The quantitative estimate of drug-likeness (QED) is 0.584. The van der Waals surface area contributed by atoms with Crippen molar-refractivity contribution in [3.63, 3.8) is 0 Å². The van der Waals surface area contributed by atoms with Gasteiger partial charge in [0.2, 0.25) is 21.8 Å². The van der Waals surface area contributed by atoms with Crippen LogP contribution in [-0.4, -0.2) is 93.8 Å². The molecule has 9 nitrogen and oxygen atoms in total. The molecule has 0 spiro atoms. The second-order valence-electron chi connectivity index (χ2n) is 8.32. The van der Waals surface area contributed by atoms with E-state index in [0.29, 0.717) is 32.0 Å². The van der Waals surface area contributed by atoms with Crippen LogP contribution in [0, 0.1) is 5.92 Å². The Balaban J connectivity index is 1.68. The molecule has 160 valence electrons. The largest absolute Gasteiger partial charge is 0.381 e. The van der Waals surface area contributed by atoms with Crippen molar-refractivity contribution < 1.29 is 22.7 Å². The Morgan fingerprint density at radius 3 is 2.57 bits per heavy atom. The smallest absolute Gasteiger partial charge is 0.246 e. The van der Waals surface area contributed by atoms with Gasteiger partial charge in [-0.05, 0) is 38.1 Å². The van der Waals surface area contributed by atoms with Crippen LogP contribution in [0.5, 0.6) is 0 Å². The number of hydrogen-bond donors (Lipinski definition) is 2. The first-order chi connectivity index (χ1) is 13.2. The summed E-state index contributed by atoms with van der Waals surface area (Å²) < 4.78 is 31.3. The zero-order valence-electron chi connectivity index (χ0n) is 16.7. The van der Waals surface area contributed by atoms with Crippen LogP contribution >= 0.6 is 0 Å². The standard InChI is InChI=1S/C18H32N4O5S/c1-13(23)19-17-12-21(6-3-14-4-7-27-8-5-14)11-16-9-15(20-28(2,25)26)10-22(16)18(17)24/h14-17,20H,3-12H2,1-2H3,(H,19,23)/t15-,16-,17-/m0/s1. The normalized spacial score (nSPS) is 30.1. The maximum absolute atomic E-state index is 13.0. The summed E-state index contributed by atoms with van der Waals surface area (Å²) in [5, 5.41) is 2.78. The van der Waals surface area contributed by atoms with E-state index in [1.807, 2.05) is 0 Å². The van der Waals surface area contributed by atoms with E-state index < -0.39 is 16.1 Å². The fourth-order valence-corrected chi connectivity index (χ4v) is 5.37. The summed E-state index contributed by atoms with van der Waals surface area (Å²) in [4.78, 5) is 28.6. The number of rotatable bonds is 6. The van der Waals surface area contributed by atoms with Crippen molar-refractivity contribution in [3.8, 4) is 0 Å². The summed E-state index contributed by atoms with van der Waals surface area (Å²) in [6.45, 7) is 5.45. The number of carbonyl (C=O) groups excluding carboxylic acids is 2. The van der Waals surface area contributed by atoms with Crippen molar-refractivity contribution in [1.82, 2.24) is 19.8 Å². The molecular formula is C18H32N4O5S. The van der Waals surface area contributed by atoms with E-state index in [-0.39, 0.29) is 23.9 Å². The number of fused-ring (bicyclic) bond motifs is 1. The van der Waals surface area contributed by atoms with Gasteiger partial charge in [0, 0.05) is 51.9 Å². The fraction of sp³-hybridized carbons (Fsp3) is 0.889. The van der Waals surface area contributed by atoms with Gasteiger partial charge in [0.05, 0.1) is 6.26 Å². The predicted molar refractivity (Wildman–Crippen MR) is 104 cm³/mol. The first-order valence-corrected chi connectivity index (χ1v) is 12.0. The molecule has 0 radical (unpaired) electrons. The summed E-state index contributed by atoms with van der Waals surface area (Å²) in [6.07, 6.45) is 4.91. The highest BCUT2D eigenvalue weighted by molar-refractivity contribution is 7.88. The monoisotopic (exact) mass is 416 g/mol. The van der Waals surface area contributed by atoms with Crippen LogP contribution in [-0.2, 0) is 24.3 Å². The van der Waals surface area contributed by atoms with E-state index in [4.69, 9.17) is 4.74 Å². The van der Waals surface area contributed by atoms with Crippen LogP contribution < -0.4 is 10.0 Å². The summed E-state index contributed by atoms with van der Waals surface area (Å²) in [6, 6.07) is -0.910. The molecule has 0 unspecified atom stereocenters. The molecule has 2 amide bonds. The summed E-state index contributed by atoms with van der Waals surface area (Å²) >= 11 is 0. The third-order valence-corrected chi connectivity index (χ3v) is 6.62. The highest BCUT2D eigenvalue weighted by Gasteiger charge is 2.42. The SMILES string of the molecule is CC(=O)N[C@H]1CN(CCC2CCOCC2)C[C@@H]2C[C@H](NS(C)(=O)=O)CN2C1=O. The molecule has 0 saturated carbocycles. The van der Waals surface area contributed by atoms with Gasteiger partial charge in [-0.1, -0.05) is 0 Å². The zero-order valence-corrected chi connectivity index (χ0v) is 17.5. The van der Waals surface area contributed by atoms with E-state index >= 15 is 0 Å². The molecule has 0 aromatic carbocycles. The molecule has 3 aliphatic rings. The molecule has 0 aliphatic carbocycles. The fourth-order valence-electron chi connectivity index (χ4n) is 4.59. The molecular weight excluding hydrogens is 384 g/mol. The molecule has 28 heavy (non-hydrogen) atoms. The van der Waals surface area contributed by atoms with Gasteiger partial charge in [0.1, 0.15) is 6.04 Å². The van der Waals surface area contributed by atoms with E-state index in [2.05, 4.69) is 14.9 Å². The topological polar surface area (TPSA) is 108 Å². The van der Waals surface area contributed by atoms with Crippen molar-refractivity contribution >= 4 is 21.8 Å². The minimum Gasteiger partial charge on any atom is -0.381 e. The Labute approximate surface area is 167 Å². The summed E-state index contributed by atoms with van der Waals surface area (Å²) in [7, 11) is -3.33. The first-order valence-electron chi connectivity index (χ1n) is 10.1. The van der Waals surface area contributed by atoms with Gasteiger partial charge in [-0.2, -0.15) is 0 Å². The molecule has 0 aromatic heterocycles. The Hall–Kier alpha value is -1.23. The van der Waals surface area contributed by atoms with Crippen LogP contribution in [0.2, 0.25) is 0 Å². The van der Waals surface area contributed by atoms with Crippen molar-refractivity contribution in [2.75, 3.05) is 45.6 Å². The third kappa shape index (κ3) is 5.88. The highest BCUT2D eigenvalue weighted by atomic mass is 32.2. The number of hydrogen-bond acceptors (Lipinski definition) is 6. The van der Waals surface area contributed by atoms with Crippen LogP contribution in [0.15, 0.2) is 0 Å². The van der Waals surface area contributed by atoms with Crippen LogP contribution in [0.3, 0.4) is 0 Å². The molecule has 2 N–H and O–H groups in total. The van der Waals surface area contributed by atoms with E-state index in [1.165, 1.54) is 6.92 Å². The van der Waals surface area contributed by atoms with Gasteiger partial charge < -0.3 is 15.0 Å². The predicted octanol–water partition coefficient (Wildman–Crippen LogP) is -0.858. The highest BCUT2D eigenvalue weighted by Crippen LogP contribution is 2.25. The van der Waals surface area contributed by atoms with Crippen molar-refractivity contribution in [3.05, 3.63) is 0 Å². The maximum atomic E-state index is 13.0. The molecule has 3 saturated heterocycles. The molecule has 3 atom stereocenters. The van der Waals surface area contributed by atoms with Gasteiger partial charge in [-0.3, -0.25) is 14.5 Å². The summed E-state index contributed by atoms with van der Waals surface area (Å²) in [5.74, 6) is 0.281. The van der Waals surface area contributed by atoms with Crippen LogP contribution in [0.25, 0.3) is 0 Å². The lowest BCUT2D eigenvalue weighted by Crippen LogP contribution is -2.51. The van der Waals surface area contributed by atoms with Gasteiger partial charge in [-0.15, -0.1) is 0 Å². The van der Waals surface area contributed by atoms with Crippen LogP contribution in [0.1, 0.15) is 32.6 Å². The Bertz CT molecular complexity index is 679. The zero-order chi connectivity index (χ0) is 20.3. The maximum Gasteiger partial charge on any atom is 0.246 e. The lowest BCUT2D eigenvalue weighted by atomic mass is 9.96. The number of nitrogens with one attached hydrogen (secondary N) is 2. The van der Waals surface area contributed by atoms with Gasteiger partial charge in [0.25, 0.3) is 0 Å². The second kappa shape index (κ2) is 9.06.